The Labute approximate surface area is 237 Å². The number of hydrogen-bond donors (Lipinski definition) is 0. The maximum Gasteiger partial charge on any atom is 0.129 e. The Morgan fingerprint density at radius 1 is 0.410 bits per heavy atom. The Balaban J connectivity index is 0.985. The average molecular weight is 525 g/mol. The van der Waals surface area contributed by atoms with Crippen molar-refractivity contribution in [1.82, 2.24) is 9.97 Å². The molecule has 39 heavy (non-hydrogen) atoms. The Morgan fingerprint density at radius 2 is 0.667 bits per heavy atom. The molecule has 0 atom stereocenters. The van der Waals surface area contributed by atoms with E-state index in [9.17, 15) is 0 Å². The molecule has 1 aromatic rings. The topological polar surface area (TPSA) is 25.8 Å². The zero-order valence-electron chi connectivity index (χ0n) is 24.5. The zero-order valence-corrected chi connectivity index (χ0v) is 24.5. The summed E-state index contributed by atoms with van der Waals surface area (Å²) in [6, 6.07) is 2.58. The molecule has 0 unspecified atom stereocenters. The van der Waals surface area contributed by atoms with Crippen molar-refractivity contribution in [2.24, 2.45) is 69.5 Å². The third-order valence-corrected chi connectivity index (χ3v) is 15.0. The van der Waals surface area contributed by atoms with Crippen molar-refractivity contribution in [2.75, 3.05) is 0 Å². The van der Waals surface area contributed by atoms with Crippen LogP contribution in [0.5, 0.6) is 0 Å². The maximum atomic E-state index is 5.57. The summed E-state index contributed by atoms with van der Waals surface area (Å²) in [5, 5.41) is 0. The van der Waals surface area contributed by atoms with E-state index in [0.29, 0.717) is 16.2 Å². The Hall–Kier alpha value is -0.920. The van der Waals surface area contributed by atoms with Gasteiger partial charge in [-0.2, -0.15) is 0 Å². The van der Waals surface area contributed by atoms with Gasteiger partial charge in [0.2, 0.25) is 0 Å². The number of hydrogen-bond acceptors (Lipinski definition) is 2. The fourth-order valence-corrected chi connectivity index (χ4v) is 15.5. The number of nitrogens with zero attached hydrogens (tertiary/aromatic N) is 2. The first-order chi connectivity index (χ1) is 18.9. The first-order valence-electron chi connectivity index (χ1n) is 17.8. The van der Waals surface area contributed by atoms with Gasteiger partial charge in [-0.15, -0.1) is 0 Å². The van der Waals surface area contributed by atoms with Gasteiger partial charge in [0, 0.05) is 17.8 Å². The van der Waals surface area contributed by atoms with Gasteiger partial charge in [-0.3, -0.25) is 0 Å². The largest absolute Gasteiger partial charge is 0.238 e. The van der Waals surface area contributed by atoms with Crippen LogP contribution in [-0.4, -0.2) is 9.97 Å². The lowest BCUT2D eigenvalue weighted by Crippen LogP contribution is -2.48. The fourth-order valence-electron chi connectivity index (χ4n) is 15.5. The molecule has 0 spiro atoms. The van der Waals surface area contributed by atoms with E-state index in [4.69, 9.17) is 9.97 Å². The van der Waals surface area contributed by atoms with E-state index in [-0.39, 0.29) is 0 Å². The van der Waals surface area contributed by atoms with Crippen molar-refractivity contribution in [2.45, 2.75) is 135 Å². The molecular weight excluding hydrogens is 472 g/mol. The van der Waals surface area contributed by atoms with Gasteiger partial charge in [-0.1, -0.05) is 0 Å². The van der Waals surface area contributed by atoms with E-state index < -0.39 is 0 Å². The second-order valence-corrected chi connectivity index (χ2v) is 18.5. The monoisotopic (exact) mass is 524 g/mol. The molecule has 12 saturated carbocycles. The molecule has 0 N–H and O–H groups in total. The van der Waals surface area contributed by atoms with Gasteiger partial charge in [0.1, 0.15) is 5.82 Å². The van der Waals surface area contributed by atoms with Crippen molar-refractivity contribution >= 4 is 0 Å². The van der Waals surface area contributed by atoms with E-state index in [1.54, 1.807) is 57.8 Å². The van der Waals surface area contributed by atoms with E-state index >= 15 is 0 Å². The van der Waals surface area contributed by atoms with Gasteiger partial charge < -0.3 is 0 Å². The van der Waals surface area contributed by atoms with Crippen LogP contribution in [0.25, 0.3) is 0 Å². The third kappa shape index (κ3) is 3.98. The smallest absolute Gasteiger partial charge is 0.129 e. The van der Waals surface area contributed by atoms with Gasteiger partial charge in [0.05, 0.1) is 0 Å². The summed E-state index contributed by atoms with van der Waals surface area (Å²) < 4.78 is 0. The fraction of sp³-hybridized carbons (Fsp3) is 0.892. The molecule has 0 aliphatic heterocycles. The van der Waals surface area contributed by atoms with Crippen LogP contribution in [0.1, 0.15) is 133 Å². The first-order valence-corrected chi connectivity index (χ1v) is 17.8. The van der Waals surface area contributed by atoms with Gasteiger partial charge in [0.25, 0.3) is 0 Å². The van der Waals surface area contributed by atoms with Crippen molar-refractivity contribution in [3.8, 4) is 0 Å². The van der Waals surface area contributed by atoms with Gasteiger partial charge in [0.15, 0.2) is 0 Å². The van der Waals surface area contributed by atoms with Crippen LogP contribution in [0, 0.1) is 69.5 Å². The van der Waals surface area contributed by atoms with Gasteiger partial charge in [-0.25, -0.2) is 9.97 Å². The molecule has 1 aromatic heterocycles. The predicted octanol–water partition coefficient (Wildman–Crippen LogP) is 8.75. The van der Waals surface area contributed by atoms with Gasteiger partial charge in [-0.05, 0) is 204 Å². The molecule has 2 heteroatoms. The molecule has 1 heterocycles. The van der Waals surface area contributed by atoms with Crippen molar-refractivity contribution in [3.63, 3.8) is 0 Å². The van der Waals surface area contributed by atoms with Crippen molar-refractivity contribution in [3.05, 3.63) is 23.3 Å². The quantitative estimate of drug-likeness (QED) is 0.372. The highest BCUT2D eigenvalue weighted by atomic mass is 14.9. The van der Waals surface area contributed by atoms with E-state index in [1.807, 2.05) is 0 Å². The highest BCUT2D eigenvalue weighted by Crippen LogP contribution is 2.63. The third-order valence-electron chi connectivity index (χ3n) is 15.0. The summed E-state index contributed by atoms with van der Waals surface area (Å²) in [6.07, 6.45) is 31.3. The molecule has 12 fully saturated rings. The van der Waals surface area contributed by atoms with Crippen molar-refractivity contribution in [1.29, 1.82) is 0 Å². The van der Waals surface area contributed by atoms with Crippen LogP contribution in [0.3, 0.4) is 0 Å². The minimum absolute atomic E-state index is 0.548. The zero-order chi connectivity index (χ0) is 25.4. The molecular formula is C37H52N2. The van der Waals surface area contributed by atoms with Crippen LogP contribution < -0.4 is 0 Å². The summed E-state index contributed by atoms with van der Waals surface area (Å²) >= 11 is 0. The van der Waals surface area contributed by atoms with Crippen LogP contribution in [-0.2, 0) is 19.3 Å². The van der Waals surface area contributed by atoms with E-state index in [2.05, 4.69) is 6.07 Å². The SMILES string of the molecule is c1c(CC23CC4CC(CC(C4)C2)C3)nc(CC23CC4CC(CC(C4)C2)C3)nc1CC12CC3CC(CC(C3)C1)C2. The standard InChI is InChI=1S/C37H52N2/c1-23-2-25-3-24(1)12-35(11-23,13-25)20-32-10-33(21-36-14-26-4-27(15-36)6-28(5-26)16-36)39-34(38-32)22-37-17-29-7-30(18-37)9-31(8-29)19-37/h10,23-31H,1-9,11-22H2. The number of rotatable bonds is 6. The molecule has 12 aliphatic carbocycles. The summed E-state index contributed by atoms with van der Waals surface area (Å²) in [6.45, 7) is 0. The average Bonchev–Trinajstić information content (AvgIpc) is 2.80. The molecule has 2 nitrogen and oxygen atoms in total. The van der Waals surface area contributed by atoms with E-state index in [0.717, 1.165) is 53.3 Å². The van der Waals surface area contributed by atoms with Crippen LogP contribution in [0.2, 0.25) is 0 Å². The normalized spacial score (nSPS) is 53.7. The predicted molar refractivity (Wildman–Crippen MR) is 155 cm³/mol. The minimum Gasteiger partial charge on any atom is -0.238 e. The second kappa shape index (κ2) is 8.12. The second-order valence-electron chi connectivity index (χ2n) is 18.5. The first kappa shape index (κ1) is 23.6. The summed E-state index contributed by atoms with van der Waals surface area (Å²) in [5.41, 5.74) is 4.67. The van der Waals surface area contributed by atoms with E-state index in [1.165, 1.54) is 94.3 Å². The summed E-state index contributed by atoms with van der Waals surface area (Å²) in [7, 11) is 0. The molecule has 0 amide bonds. The molecule has 0 radical (unpaired) electrons. The highest BCUT2D eigenvalue weighted by molar-refractivity contribution is 5.20. The lowest BCUT2D eigenvalue weighted by Gasteiger charge is -2.57. The summed E-state index contributed by atoms with van der Waals surface area (Å²) in [4.78, 5) is 11.1. The van der Waals surface area contributed by atoms with Crippen molar-refractivity contribution < 1.29 is 0 Å². The van der Waals surface area contributed by atoms with Crippen LogP contribution in [0.4, 0.5) is 0 Å². The van der Waals surface area contributed by atoms with Gasteiger partial charge >= 0.3 is 0 Å². The lowest BCUT2D eigenvalue weighted by molar-refractivity contribution is -0.0550. The Kier molecular flexibility index (Phi) is 4.92. The molecule has 0 saturated heterocycles. The maximum absolute atomic E-state index is 5.57. The highest BCUT2D eigenvalue weighted by Gasteiger charge is 2.54. The molecule has 0 aromatic carbocycles. The summed E-state index contributed by atoms with van der Waals surface area (Å²) in [5.74, 6) is 10.6. The lowest BCUT2D eigenvalue weighted by atomic mass is 9.48. The van der Waals surface area contributed by atoms with Crippen LogP contribution in [0.15, 0.2) is 6.07 Å². The molecule has 210 valence electrons. The molecule has 12 aliphatic rings. The molecule has 13 rings (SSSR count). The van der Waals surface area contributed by atoms with Crippen LogP contribution >= 0.6 is 0 Å². The molecule has 12 bridgehead atoms. The minimum atomic E-state index is 0.548. The Bertz CT molecular complexity index is 901. The Morgan fingerprint density at radius 3 is 0.949 bits per heavy atom. The number of aromatic nitrogens is 2.